The van der Waals surface area contributed by atoms with Gasteiger partial charge >= 0.3 is 0 Å². The standard InChI is InChI=1S/C28H27FN4OS/c1-18-16-22(19(2)33(18)25-10-5-4-8-23(25)29)27-26(24-9-6-7-15-30-24)31-28(35)32(27)17-20-11-13-21(34-3)14-12-20/h4-16,26-27H,17H2,1-3H3,(H,31,35)/t26-,27-/m0/s1. The molecule has 1 N–H and O–H groups in total. The quantitative estimate of drug-likeness (QED) is 0.349. The second kappa shape index (κ2) is 9.50. The topological polar surface area (TPSA) is 42.3 Å². The highest BCUT2D eigenvalue weighted by Gasteiger charge is 2.41. The minimum atomic E-state index is -0.253. The molecule has 2 aromatic heterocycles. The number of rotatable bonds is 6. The van der Waals surface area contributed by atoms with Crippen LogP contribution in [-0.4, -0.2) is 26.7 Å². The molecule has 35 heavy (non-hydrogen) atoms. The molecular weight excluding hydrogens is 459 g/mol. The summed E-state index contributed by atoms with van der Waals surface area (Å²) in [7, 11) is 1.66. The molecule has 7 heteroatoms. The lowest BCUT2D eigenvalue weighted by Gasteiger charge is -2.28. The van der Waals surface area contributed by atoms with Crippen molar-refractivity contribution in [3.05, 3.63) is 113 Å². The fourth-order valence-electron chi connectivity index (χ4n) is 4.93. The van der Waals surface area contributed by atoms with Crippen molar-refractivity contribution in [2.45, 2.75) is 32.5 Å². The number of hydrogen-bond donors (Lipinski definition) is 1. The third-order valence-electron chi connectivity index (χ3n) is 6.59. The molecule has 0 amide bonds. The number of hydrogen-bond acceptors (Lipinski definition) is 3. The second-order valence-corrected chi connectivity index (χ2v) is 9.10. The molecule has 1 fully saturated rings. The summed E-state index contributed by atoms with van der Waals surface area (Å²) in [5.41, 5.74) is 5.59. The Morgan fingerprint density at radius 3 is 2.46 bits per heavy atom. The van der Waals surface area contributed by atoms with Crippen molar-refractivity contribution in [1.82, 2.24) is 19.8 Å². The minimum Gasteiger partial charge on any atom is -0.497 e. The van der Waals surface area contributed by atoms with E-state index in [-0.39, 0.29) is 17.9 Å². The zero-order valence-electron chi connectivity index (χ0n) is 19.9. The first kappa shape index (κ1) is 23.1. The van der Waals surface area contributed by atoms with Crippen molar-refractivity contribution in [2.75, 3.05) is 7.11 Å². The summed E-state index contributed by atoms with van der Waals surface area (Å²) in [5, 5.41) is 4.17. The summed E-state index contributed by atoms with van der Waals surface area (Å²) in [6.07, 6.45) is 1.80. The molecule has 3 heterocycles. The van der Waals surface area contributed by atoms with Crippen molar-refractivity contribution in [2.24, 2.45) is 0 Å². The van der Waals surface area contributed by atoms with Crippen LogP contribution in [0.4, 0.5) is 4.39 Å². The predicted octanol–water partition coefficient (Wildman–Crippen LogP) is 5.81. The molecular formula is C28H27FN4OS. The Morgan fingerprint density at radius 2 is 1.77 bits per heavy atom. The molecule has 1 aliphatic heterocycles. The fraction of sp³-hybridized carbons (Fsp3) is 0.214. The third kappa shape index (κ3) is 4.28. The Morgan fingerprint density at radius 1 is 1.03 bits per heavy atom. The van der Waals surface area contributed by atoms with Gasteiger partial charge < -0.3 is 19.5 Å². The van der Waals surface area contributed by atoms with Gasteiger partial charge in [0.05, 0.1) is 30.6 Å². The van der Waals surface area contributed by atoms with E-state index in [0.717, 1.165) is 34.0 Å². The molecule has 0 aliphatic carbocycles. The van der Waals surface area contributed by atoms with Crippen LogP contribution in [0, 0.1) is 19.7 Å². The Balaban J connectivity index is 1.60. The SMILES string of the molecule is COc1ccc(CN2C(=S)N[C@@H](c3ccccn3)[C@@H]2c2cc(C)n(-c3ccccc3F)c2C)cc1. The third-order valence-corrected chi connectivity index (χ3v) is 6.94. The molecule has 0 bridgehead atoms. The van der Waals surface area contributed by atoms with Gasteiger partial charge in [-0.2, -0.15) is 0 Å². The summed E-state index contributed by atoms with van der Waals surface area (Å²) in [4.78, 5) is 6.83. The van der Waals surface area contributed by atoms with Crippen molar-refractivity contribution in [3.8, 4) is 11.4 Å². The lowest BCUT2D eigenvalue weighted by atomic mass is 9.96. The molecule has 5 nitrogen and oxygen atoms in total. The van der Waals surface area contributed by atoms with Crippen LogP contribution in [0.15, 0.2) is 79.0 Å². The van der Waals surface area contributed by atoms with E-state index in [4.69, 9.17) is 17.0 Å². The largest absolute Gasteiger partial charge is 0.497 e. The van der Waals surface area contributed by atoms with Crippen LogP contribution < -0.4 is 10.1 Å². The number of nitrogens with zero attached hydrogens (tertiary/aromatic N) is 3. The lowest BCUT2D eigenvalue weighted by Crippen LogP contribution is -2.29. The Hall–Kier alpha value is -3.71. The van der Waals surface area contributed by atoms with Crippen molar-refractivity contribution >= 4 is 17.3 Å². The highest BCUT2D eigenvalue weighted by molar-refractivity contribution is 7.80. The van der Waals surface area contributed by atoms with Gasteiger partial charge in [0.25, 0.3) is 0 Å². The smallest absolute Gasteiger partial charge is 0.170 e. The van der Waals surface area contributed by atoms with Crippen molar-refractivity contribution in [3.63, 3.8) is 0 Å². The van der Waals surface area contributed by atoms with E-state index < -0.39 is 0 Å². The minimum absolute atomic E-state index is 0.119. The molecule has 5 rings (SSSR count). The lowest BCUT2D eigenvalue weighted by molar-refractivity contribution is 0.310. The number of para-hydroxylation sites is 1. The highest BCUT2D eigenvalue weighted by Crippen LogP contribution is 2.42. The number of ether oxygens (including phenoxy) is 1. The van der Waals surface area contributed by atoms with Gasteiger partial charge in [0.15, 0.2) is 5.11 Å². The molecule has 0 saturated carbocycles. The number of aryl methyl sites for hydroxylation is 1. The number of aromatic nitrogens is 2. The zero-order valence-corrected chi connectivity index (χ0v) is 20.7. The van der Waals surface area contributed by atoms with Crippen LogP contribution in [0.5, 0.6) is 5.75 Å². The molecule has 2 atom stereocenters. The average Bonchev–Trinajstić information content (AvgIpc) is 3.35. The monoisotopic (exact) mass is 486 g/mol. The van der Waals surface area contributed by atoms with Crippen molar-refractivity contribution < 1.29 is 9.13 Å². The van der Waals surface area contributed by atoms with E-state index in [1.807, 2.05) is 60.9 Å². The summed E-state index contributed by atoms with van der Waals surface area (Å²) >= 11 is 5.84. The van der Waals surface area contributed by atoms with E-state index in [9.17, 15) is 4.39 Å². The number of halogens is 1. The first-order valence-corrected chi connectivity index (χ1v) is 11.9. The van der Waals surface area contributed by atoms with E-state index in [0.29, 0.717) is 17.3 Å². The maximum atomic E-state index is 14.8. The Labute approximate surface area is 210 Å². The summed E-state index contributed by atoms with van der Waals surface area (Å²) in [6.45, 7) is 4.66. The maximum absolute atomic E-state index is 14.8. The number of nitrogens with one attached hydrogen (secondary N) is 1. The van der Waals surface area contributed by atoms with Gasteiger partial charge in [0, 0.05) is 24.1 Å². The van der Waals surface area contributed by atoms with E-state index in [2.05, 4.69) is 33.4 Å². The first-order chi connectivity index (χ1) is 17.0. The Bertz CT molecular complexity index is 1350. The van der Waals surface area contributed by atoms with Crippen LogP contribution in [0.25, 0.3) is 5.69 Å². The van der Waals surface area contributed by atoms with Crippen LogP contribution in [0.2, 0.25) is 0 Å². The van der Waals surface area contributed by atoms with E-state index in [1.54, 1.807) is 19.4 Å². The summed E-state index contributed by atoms with van der Waals surface area (Å²) < 4.78 is 22.1. The first-order valence-electron chi connectivity index (χ1n) is 11.5. The van der Waals surface area contributed by atoms with Crippen LogP contribution in [0.1, 0.15) is 40.3 Å². The molecule has 0 radical (unpaired) electrons. The molecule has 4 aromatic rings. The summed E-state index contributed by atoms with van der Waals surface area (Å²) in [6, 6.07) is 22.7. The molecule has 1 aliphatic rings. The molecule has 0 unspecified atom stereocenters. The zero-order chi connectivity index (χ0) is 24.5. The highest BCUT2D eigenvalue weighted by atomic mass is 32.1. The second-order valence-electron chi connectivity index (χ2n) is 8.72. The van der Waals surface area contributed by atoms with E-state index in [1.165, 1.54) is 6.07 Å². The fourth-order valence-corrected chi connectivity index (χ4v) is 5.24. The van der Waals surface area contributed by atoms with Gasteiger partial charge in [-0.1, -0.05) is 30.3 Å². The molecule has 2 aromatic carbocycles. The van der Waals surface area contributed by atoms with Gasteiger partial charge in [-0.25, -0.2) is 4.39 Å². The van der Waals surface area contributed by atoms with Gasteiger partial charge in [0.1, 0.15) is 11.6 Å². The van der Waals surface area contributed by atoms with Crippen molar-refractivity contribution in [1.29, 1.82) is 0 Å². The predicted molar refractivity (Wildman–Crippen MR) is 139 cm³/mol. The number of thiocarbonyl (C=S) groups is 1. The maximum Gasteiger partial charge on any atom is 0.170 e. The van der Waals surface area contributed by atoms with Gasteiger partial charge in [0.2, 0.25) is 0 Å². The van der Waals surface area contributed by atoms with E-state index >= 15 is 0 Å². The average molecular weight is 487 g/mol. The number of benzene rings is 2. The normalized spacial score (nSPS) is 17.5. The number of methoxy groups -OCH3 is 1. The summed E-state index contributed by atoms with van der Waals surface area (Å²) in [5.74, 6) is 0.560. The van der Waals surface area contributed by atoms with Crippen LogP contribution >= 0.6 is 12.2 Å². The molecule has 1 saturated heterocycles. The molecule has 178 valence electrons. The van der Waals surface area contributed by atoms with Gasteiger partial charge in [-0.3, -0.25) is 4.98 Å². The van der Waals surface area contributed by atoms with Crippen LogP contribution in [0.3, 0.4) is 0 Å². The van der Waals surface area contributed by atoms with Crippen LogP contribution in [-0.2, 0) is 6.54 Å². The van der Waals surface area contributed by atoms with Gasteiger partial charge in [-0.05, 0) is 79.7 Å². The number of pyridine rings is 1. The molecule has 0 spiro atoms. The Kier molecular flexibility index (Phi) is 6.26. The van der Waals surface area contributed by atoms with Gasteiger partial charge in [-0.15, -0.1) is 0 Å².